The molecule has 18 heavy (non-hydrogen) atoms. The van der Waals surface area contributed by atoms with Gasteiger partial charge in [0.2, 0.25) is 0 Å². The van der Waals surface area contributed by atoms with Gasteiger partial charge in [0.25, 0.3) is 0 Å². The van der Waals surface area contributed by atoms with Gasteiger partial charge in [0.15, 0.2) is 0 Å². The Labute approximate surface area is 119 Å². The first-order chi connectivity index (χ1) is 8.39. The zero-order chi connectivity index (χ0) is 13.3. The normalized spacial score (nSPS) is 20.8. The van der Waals surface area contributed by atoms with E-state index in [1.54, 1.807) is 0 Å². The van der Waals surface area contributed by atoms with Gasteiger partial charge in [0.1, 0.15) is 0 Å². The molecule has 0 saturated carbocycles. The minimum Gasteiger partial charge on any atom is -0.371 e. The molecule has 0 spiro atoms. The van der Waals surface area contributed by atoms with Crippen LogP contribution in [0.1, 0.15) is 45.2 Å². The largest absolute Gasteiger partial charge is 0.371 e. The SMILES string of the molecule is C[C@@H](N)c1ccc(N2CCC(C)(C)CC2)c(Br)c1. The van der Waals surface area contributed by atoms with Gasteiger partial charge in [-0.25, -0.2) is 0 Å². The number of rotatable bonds is 2. The zero-order valence-electron chi connectivity index (χ0n) is 11.5. The first kappa shape index (κ1) is 13.9. The summed E-state index contributed by atoms with van der Waals surface area (Å²) in [5.41, 5.74) is 8.89. The van der Waals surface area contributed by atoms with Crippen molar-refractivity contribution in [1.82, 2.24) is 0 Å². The average molecular weight is 311 g/mol. The van der Waals surface area contributed by atoms with E-state index in [2.05, 4.69) is 52.9 Å². The van der Waals surface area contributed by atoms with Gasteiger partial charge in [0, 0.05) is 23.6 Å². The fraction of sp³-hybridized carbons (Fsp3) is 0.600. The molecule has 1 aromatic carbocycles. The molecule has 0 radical (unpaired) electrons. The quantitative estimate of drug-likeness (QED) is 0.891. The van der Waals surface area contributed by atoms with E-state index in [1.165, 1.54) is 24.1 Å². The van der Waals surface area contributed by atoms with Gasteiger partial charge in [0.05, 0.1) is 5.69 Å². The predicted octanol–water partition coefficient (Wildman–Crippen LogP) is 4.10. The fourth-order valence-corrected chi connectivity index (χ4v) is 3.06. The summed E-state index contributed by atoms with van der Waals surface area (Å²) in [7, 11) is 0. The maximum Gasteiger partial charge on any atom is 0.0510 e. The highest BCUT2D eigenvalue weighted by atomic mass is 79.9. The van der Waals surface area contributed by atoms with Crippen LogP contribution in [0, 0.1) is 5.41 Å². The van der Waals surface area contributed by atoms with E-state index in [4.69, 9.17) is 5.73 Å². The van der Waals surface area contributed by atoms with Crippen LogP contribution in [0.4, 0.5) is 5.69 Å². The van der Waals surface area contributed by atoms with Crippen molar-refractivity contribution in [2.75, 3.05) is 18.0 Å². The zero-order valence-corrected chi connectivity index (χ0v) is 13.1. The van der Waals surface area contributed by atoms with Crippen LogP contribution in [-0.2, 0) is 0 Å². The number of halogens is 1. The highest BCUT2D eigenvalue weighted by molar-refractivity contribution is 9.10. The molecule has 3 heteroatoms. The molecule has 1 aromatic rings. The van der Waals surface area contributed by atoms with Crippen molar-refractivity contribution in [1.29, 1.82) is 0 Å². The Morgan fingerprint density at radius 2 is 1.89 bits per heavy atom. The first-order valence-corrected chi connectivity index (χ1v) is 7.48. The molecule has 1 aliphatic rings. The summed E-state index contributed by atoms with van der Waals surface area (Å²) in [6, 6.07) is 6.58. The predicted molar refractivity (Wildman–Crippen MR) is 82.0 cm³/mol. The summed E-state index contributed by atoms with van der Waals surface area (Å²) in [6.07, 6.45) is 2.52. The van der Waals surface area contributed by atoms with E-state index < -0.39 is 0 Å². The summed E-state index contributed by atoms with van der Waals surface area (Å²) in [5, 5.41) is 0. The Morgan fingerprint density at radius 1 is 1.28 bits per heavy atom. The Morgan fingerprint density at radius 3 is 2.39 bits per heavy atom. The van der Waals surface area contributed by atoms with Crippen LogP contribution in [0.15, 0.2) is 22.7 Å². The number of piperidine rings is 1. The molecule has 100 valence electrons. The summed E-state index contributed by atoms with van der Waals surface area (Å²) < 4.78 is 1.16. The van der Waals surface area contributed by atoms with Crippen LogP contribution in [0.2, 0.25) is 0 Å². The molecule has 2 rings (SSSR count). The van der Waals surface area contributed by atoms with E-state index in [0.717, 1.165) is 17.6 Å². The molecule has 0 aromatic heterocycles. The van der Waals surface area contributed by atoms with Crippen LogP contribution >= 0.6 is 15.9 Å². The number of anilines is 1. The number of hydrogen-bond acceptors (Lipinski definition) is 2. The standard InChI is InChI=1S/C15H23BrN2/c1-11(17)12-4-5-14(13(16)10-12)18-8-6-15(2,3)7-9-18/h4-5,10-11H,6-9,17H2,1-3H3/t11-/m1/s1. The molecule has 1 aliphatic heterocycles. The third-order valence-electron chi connectivity index (χ3n) is 3.96. The molecule has 1 fully saturated rings. The molecule has 0 aliphatic carbocycles. The maximum atomic E-state index is 5.91. The van der Waals surface area contributed by atoms with Crippen molar-refractivity contribution < 1.29 is 0 Å². The number of nitrogens with zero attached hydrogens (tertiary/aromatic N) is 1. The molecule has 1 saturated heterocycles. The summed E-state index contributed by atoms with van der Waals surface area (Å²) in [4.78, 5) is 2.47. The second kappa shape index (κ2) is 5.22. The smallest absolute Gasteiger partial charge is 0.0510 e. The molecule has 1 atom stereocenters. The van der Waals surface area contributed by atoms with E-state index >= 15 is 0 Å². The van der Waals surface area contributed by atoms with E-state index in [0.29, 0.717) is 5.41 Å². The lowest BCUT2D eigenvalue weighted by Crippen LogP contribution is -2.37. The van der Waals surface area contributed by atoms with Crippen molar-refractivity contribution in [3.63, 3.8) is 0 Å². The van der Waals surface area contributed by atoms with Gasteiger partial charge < -0.3 is 10.6 Å². The van der Waals surface area contributed by atoms with Gasteiger partial charge in [-0.2, -0.15) is 0 Å². The van der Waals surface area contributed by atoms with Crippen LogP contribution in [0.5, 0.6) is 0 Å². The molecule has 2 N–H and O–H groups in total. The molecule has 2 nitrogen and oxygen atoms in total. The fourth-order valence-electron chi connectivity index (χ4n) is 2.42. The molecule has 0 amide bonds. The minimum atomic E-state index is 0.0932. The Bertz CT molecular complexity index is 417. The van der Waals surface area contributed by atoms with Crippen LogP contribution in [-0.4, -0.2) is 13.1 Å². The van der Waals surface area contributed by atoms with Crippen molar-refractivity contribution >= 4 is 21.6 Å². The molecule has 0 unspecified atom stereocenters. The summed E-state index contributed by atoms with van der Waals surface area (Å²) in [5.74, 6) is 0. The van der Waals surface area contributed by atoms with E-state index in [1.807, 2.05) is 6.92 Å². The van der Waals surface area contributed by atoms with Crippen molar-refractivity contribution in [3.05, 3.63) is 28.2 Å². The minimum absolute atomic E-state index is 0.0932. The highest BCUT2D eigenvalue weighted by Gasteiger charge is 2.26. The van der Waals surface area contributed by atoms with Gasteiger partial charge >= 0.3 is 0 Å². The average Bonchev–Trinajstić information content (AvgIpc) is 2.29. The Balaban J connectivity index is 2.15. The topological polar surface area (TPSA) is 29.3 Å². The lowest BCUT2D eigenvalue weighted by molar-refractivity contribution is 0.279. The van der Waals surface area contributed by atoms with Crippen LogP contribution in [0.3, 0.4) is 0 Å². The number of benzene rings is 1. The van der Waals surface area contributed by atoms with Crippen LogP contribution in [0.25, 0.3) is 0 Å². The van der Waals surface area contributed by atoms with Gasteiger partial charge in [-0.3, -0.25) is 0 Å². The maximum absolute atomic E-state index is 5.91. The Hall–Kier alpha value is -0.540. The lowest BCUT2D eigenvalue weighted by atomic mass is 9.82. The molecular formula is C15H23BrN2. The lowest BCUT2D eigenvalue weighted by Gasteiger charge is -2.38. The van der Waals surface area contributed by atoms with Crippen molar-refractivity contribution in [3.8, 4) is 0 Å². The third kappa shape index (κ3) is 3.07. The molecular weight excluding hydrogens is 288 g/mol. The van der Waals surface area contributed by atoms with Crippen molar-refractivity contribution in [2.24, 2.45) is 11.1 Å². The van der Waals surface area contributed by atoms with Gasteiger partial charge in [-0.15, -0.1) is 0 Å². The second-order valence-electron chi connectivity index (χ2n) is 6.15. The van der Waals surface area contributed by atoms with Gasteiger partial charge in [-0.1, -0.05) is 19.9 Å². The van der Waals surface area contributed by atoms with Gasteiger partial charge in [-0.05, 0) is 58.8 Å². The Kier molecular flexibility index (Phi) is 4.02. The number of hydrogen-bond donors (Lipinski definition) is 1. The third-order valence-corrected chi connectivity index (χ3v) is 4.59. The molecule has 1 heterocycles. The van der Waals surface area contributed by atoms with Crippen LogP contribution < -0.4 is 10.6 Å². The summed E-state index contributed by atoms with van der Waals surface area (Å²) >= 11 is 3.68. The second-order valence-corrected chi connectivity index (χ2v) is 7.01. The number of nitrogens with two attached hydrogens (primary N) is 1. The molecule has 0 bridgehead atoms. The first-order valence-electron chi connectivity index (χ1n) is 6.69. The van der Waals surface area contributed by atoms with Crippen molar-refractivity contribution in [2.45, 2.75) is 39.7 Å². The van der Waals surface area contributed by atoms with E-state index in [-0.39, 0.29) is 6.04 Å². The monoisotopic (exact) mass is 310 g/mol. The summed E-state index contributed by atoms with van der Waals surface area (Å²) in [6.45, 7) is 9.02. The highest BCUT2D eigenvalue weighted by Crippen LogP contribution is 2.35. The van der Waals surface area contributed by atoms with E-state index in [9.17, 15) is 0 Å².